The van der Waals surface area contributed by atoms with Crippen LogP contribution in [-0.4, -0.2) is 61.8 Å². The number of nitrogens with one attached hydrogen (secondary N) is 1. The first-order valence-corrected chi connectivity index (χ1v) is 17.0. The van der Waals surface area contributed by atoms with Gasteiger partial charge in [-0.2, -0.15) is 52.7 Å². The smallest absolute Gasteiger partial charge is 0.416 e. The van der Waals surface area contributed by atoms with Crippen LogP contribution in [0.2, 0.25) is 5.15 Å². The summed E-state index contributed by atoms with van der Waals surface area (Å²) < 4.78 is 162. The van der Waals surface area contributed by atoms with Gasteiger partial charge in [0.15, 0.2) is 22.4 Å². The van der Waals surface area contributed by atoms with Crippen molar-refractivity contribution in [1.29, 1.82) is 0 Å². The van der Waals surface area contributed by atoms with Crippen molar-refractivity contribution in [2.75, 3.05) is 11.5 Å². The third-order valence-corrected chi connectivity index (χ3v) is 9.74. The molecule has 2 saturated carbocycles. The van der Waals surface area contributed by atoms with Crippen LogP contribution in [0.5, 0.6) is 11.8 Å². The SMILES string of the molecule is C.FC(F)(F)c1ccnc(Cl)c1.Nc1ncnc2c1c(=O)[nH]n2C1(C(F)(F)F)CCC1.Nc1ncnc2c1c(Oc1cc(C(F)(F)F)ccn1)nn2C1(C(F)(F)F)CCC1. The molecule has 0 unspecified atom stereocenters. The van der Waals surface area contributed by atoms with Gasteiger partial charge >= 0.3 is 24.7 Å². The third kappa shape index (κ3) is 8.27. The summed E-state index contributed by atoms with van der Waals surface area (Å²) in [6.45, 7) is 0. The molecule has 0 amide bonds. The van der Waals surface area contributed by atoms with Gasteiger partial charge in [0.05, 0.1) is 11.1 Å². The first-order valence-electron chi connectivity index (χ1n) is 16.6. The van der Waals surface area contributed by atoms with Gasteiger partial charge < -0.3 is 16.2 Å². The van der Waals surface area contributed by atoms with Crippen LogP contribution < -0.4 is 21.8 Å². The molecule has 0 spiro atoms. The molecule has 5 N–H and O–H groups in total. The van der Waals surface area contributed by atoms with Crippen LogP contribution in [0.25, 0.3) is 22.1 Å². The zero-order valence-electron chi connectivity index (χ0n) is 29.3. The predicted octanol–water partition coefficient (Wildman–Crippen LogP) is 8.59. The number of pyridine rings is 2. The number of ether oxygens (including phenoxy) is 1. The number of nitrogen functional groups attached to an aromatic ring is 2. The Labute approximate surface area is 332 Å². The van der Waals surface area contributed by atoms with E-state index in [1.807, 2.05) is 0 Å². The number of aromatic nitrogens is 10. The lowest BCUT2D eigenvalue weighted by atomic mass is 9.76. The topological polar surface area (TPSA) is 194 Å². The van der Waals surface area contributed by atoms with E-state index in [0.29, 0.717) is 23.6 Å². The molecule has 0 aromatic carbocycles. The van der Waals surface area contributed by atoms with Gasteiger partial charge in [-0.1, -0.05) is 19.0 Å². The van der Waals surface area contributed by atoms with E-state index in [-0.39, 0.29) is 72.0 Å². The third-order valence-electron chi connectivity index (χ3n) is 9.54. The maximum Gasteiger partial charge on any atom is 0.416 e. The zero-order valence-corrected chi connectivity index (χ0v) is 30.0. The minimum atomic E-state index is -4.66. The maximum atomic E-state index is 13.8. The second-order valence-electron chi connectivity index (χ2n) is 13.0. The van der Waals surface area contributed by atoms with Crippen LogP contribution in [0.4, 0.5) is 64.3 Å². The molecule has 2 aliphatic rings. The van der Waals surface area contributed by atoms with E-state index in [1.165, 1.54) is 0 Å². The molecule has 0 bridgehead atoms. The Kier molecular flexibility index (Phi) is 12.0. The average molecular weight is 889 g/mol. The van der Waals surface area contributed by atoms with Crippen LogP contribution in [-0.2, 0) is 23.4 Å². The number of halogens is 13. The molecule has 6 aromatic heterocycles. The number of nitrogens with zero attached hydrogens (tertiary/aromatic N) is 9. The number of alkyl halides is 12. The molecule has 6 heterocycles. The van der Waals surface area contributed by atoms with Gasteiger partial charge in [0.2, 0.25) is 5.88 Å². The van der Waals surface area contributed by atoms with Gasteiger partial charge in [-0.15, -0.1) is 5.10 Å². The van der Waals surface area contributed by atoms with E-state index in [2.05, 4.69) is 40.1 Å². The highest BCUT2D eigenvalue weighted by atomic mass is 35.5. The van der Waals surface area contributed by atoms with Crippen molar-refractivity contribution in [2.24, 2.45) is 0 Å². The van der Waals surface area contributed by atoms with Crippen molar-refractivity contribution in [3.63, 3.8) is 0 Å². The van der Waals surface area contributed by atoms with Crippen molar-refractivity contribution in [1.82, 2.24) is 49.5 Å². The lowest BCUT2D eigenvalue weighted by molar-refractivity contribution is -0.242. The van der Waals surface area contributed by atoms with Crippen molar-refractivity contribution in [2.45, 2.75) is 81.7 Å². The quantitative estimate of drug-likeness (QED) is 0.113. The molecule has 0 saturated heterocycles. The predicted molar refractivity (Wildman–Crippen MR) is 188 cm³/mol. The lowest BCUT2D eigenvalue weighted by Gasteiger charge is -2.43. The number of H-pyrrole nitrogens is 1. The summed E-state index contributed by atoms with van der Waals surface area (Å²) in [7, 11) is 0. The fourth-order valence-corrected chi connectivity index (χ4v) is 6.38. The van der Waals surface area contributed by atoms with Crippen molar-refractivity contribution in [3.05, 3.63) is 75.9 Å². The molecule has 0 radical (unpaired) electrons. The number of anilines is 2. The molecule has 2 aliphatic carbocycles. The van der Waals surface area contributed by atoms with Gasteiger partial charge in [-0.3, -0.25) is 14.6 Å². The van der Waals surface area contributed by atoms with Gasteiger partial charge in [0.25, 0.3) is 11.4 Å². The fourth-order valence-electron chi connectivity index (χ4n) is 6.20. The molecule has 14 nitrogen and oxygen atoms in total. The number of nitrogens with two attached hydrogens (primary N) is 2. The molecule has 0 aliphatic heterocycles. The number of fused-ring (bicyclic) bond motifs is 2. The van der Waals surface area contributed by atoms with E-state index in [1.54, 1.807) is 0 Å². The van der Waals surface area contributed by atoms with Crippen LogP contribution >= 0.6 is 11.6 Å². The minimum Gasteiger partial charge on any atom is -0.418 e. The highest BCUT2D eigenvalue weighted by Crippen LogP contribution is 2.53. The summed E-state index contributed by atoms with van der Waals surface area (Å²) in [6, 6.07) is 2.98. The maximum absolute atomic E-state index is 13.8. The van der Waals surface area contributed by atoms with Gasteiger partial charge in [-0.25, -0.2) is 34.6 Å². The summed E-state index contributed by atoms with van der Waals surface area (Å²) in [4.78, 5) is 33.8. The molecule has 2 fully saturated rings. The molecule has 324 valence electrons. The Morgan fingerprint density at radius 3 is 1.65 bits per heavy atom. The fraction of sp³-hybridized carbons (Fsp3) is 0.394. The van der Waals surface area contributed by atoms with Crippen molar-refractivity contribution >= 4 is 45.3 Å². The first-order chi connectivity index (χ1) is 27.4. The molecule has 8 rings (SSSR count). The highest BCUT2D eigenvalue weighted by Gasteiger charge is 2.62. The van der Waals surface area contributed by atoms with Crippen molar-refractivity contribution in [3.8, 4) is 11.8 Å². The van der Waals surface area contributed by atoms with Gasteiger partial charge in [0, 0.05) is 18.5 Å². The van der Waals surface area contributed by atoms with Crippen molar-refractivity contribution < 1.29 is 57.4 Å². The molecular formula is C33H29ClF12N12O2. The van der Waals surface area contributed by atoms with Crippen LogP contribution in [0.15, 0.2) is 54.1 Å². The average Bonchev–Trinajstić information content (AvgIpc) is 3.61. The Balaban J connectivity index is 0.000000189. The summed E-state index contributed by atoms with van der Waals surface area (Å²) in [6.07, 6.45) is -14.0. The molecule has 27 heteroatoms. The molecule has 60 heavy (non-hydrogen) atoms. The van der Waals surface area contributed by atoms with Crippen LogP contribution in [0.1, 0.15) is 57.1 Å². The summed E-state index contributed by atoms with van der Waals surface area (Å²) in [5.41, 5.74) is 4.05. The van der Waals surface area contributed by atoms with E-state index >= 15 is 0 Å². The van der Waals surface area contributed by atoms with E-state index in [4.69, 9.17) is 27.8 Å². The minimum absolute atomic E-state index is 0. The Morgan fingerprint density at radius 2 is 1.18 bits per heavy atom. The summed E-state index contributed by atoms with van der Waals surface area (Å²) in [5, 5.41) is 5.68. The first kappa shape index (κ1) is 45.1. The number of hydrogen-bond acceptors (Lipinski definition) is 11. The zero-order chi connectivity index (χ0) is 43.3. The molecular weight excluding hydrogens is 860 g/mol. The van der Waals surface area contributed by atoms with Gasteiger partial charge in [-0.05, 0) is 56.7 Å². The number of aromatic amines is 1. The Morgan fingerprint density at radius 1 is 0.683 bits per heavy atom. The van der Waals surface area contributed by atoms with Crippen LogP contribution in [0, 0.1) is 0 Å². The second-order valence-corrected chi connectivity index (χ2v) is 13.4. The Bertz CT molecular complexity index is 2540. The van der Waals surface area contributed by atoms with E-state index in [0.717, 1.165) is 47.9 Å². The van der Waals surface area contributed by atoms with Gasteiger partial charge in [0.1, 0.15) is 40.2 Å². The summed E-state index contributed by atoms with van der Waals surface area (Å²) >= 11 is 5.24. The largest absolute Gasteiger partial charge is 0.418 e. The molecule has 0 atom stereocenters. The Hall–Kier alpha value is -5.95. The standard InChI is InChI=1S/C16H12F6N6O.C10H10F3N5O.C6H3ClF3N.CH4/c17-15(18,19)8-2-5-24-9(6-8)29-13-10-11(23)25-7-26-12(10)28(27-13)14(3-1-4-14)16(20,21)22;11-10(12,13)9(2-1-3-9)18-7-5(8(19)17-18)6(14)15-4-16-7;7-5-3-4(1-2-11-5)6(8,9)10;/h2,5-7H,1,3-4H2,(H2,23,25,26);4H,1-3H2,(H,17,19)(H2,14,15,16);1-3H;1H4. The number of hydrogen-bond donors (Lipinski definition) is 3. The normalized spacial score (nSPS) is 16.0. The molecule has 6 aromatic rings. The second kappa shape index (κ2) is 15.9. The number of rotatable bonds is 4. The monoisotopic (exact) mass is 888 g/mol. The lowest BCUT2D eigenvalue weighted by Crippen LogP contribution is -2.53. The summed E-state index contributed by atoms with van der Waals surface area (Å²) in [5.74, 6) is -1.31. The van der Waals surface area contributed by atoms with E-state index in [9.17, 15) is 57.5 Å². The highest BCUT2D eigenvalue weighted by molar-refractivity contribution is 6.29. The van der Waals surface area contributed by atoms with E-state index < -0.39 is 64.2 Å². The van der Waals surface area contributed by atoms with Crippen LogP contribution in [0.3, 0.4) is 0 Å².